The van der Waals surface area contributed by atoms with E-state index in [9.17, 15) is 4.39 Å². The van der Waals surface area contributed by atoms with E-state index in [4.69, 9.17) is 27.6 Å². The van der Waals surface area contributed by atoms with Gasteiger partial charge in [-0.15, -0.1) is 10.2 Å². The van der Waals surface area contributed by atoms with Crippen LogP contribution >= 0.6 is 23.2 Å². The van der Waals surface area contributed by atoms with Crippen LogP contribution in [0.1, 0.15) is 5.89 Å². The molecule has 3 aromatic rings. The highest BCUT2D eigenvalue weighted by Gasteiger charge is 2.11. The Balaban J connectivity index is 1.72. The van der Waals surface area contributed by atoms with Crippen molar-refractivity contribution < 1.29 is 8.81 Å². The van der Waals surface area contributed by atoms with E-state index >= 15 is 0 Å². The van der Waals surface area contributed by atoms with Gasteiger partial charge in [0, 0.05) is 5.69 Å². The molecule has 0 saturated carbocycles. The molecule has 0 aliphatic rings. The average molecular weight is 338 g/mol. The van der Waals surface area contributed by atoms with Gasteiger partial charge in [-0.2, -0.15) is 0 Å². The maximum absolute atomic E-state index is 13.1. The van der Waals surface area contributed by atoms with E-state index in [0.29, 0.717) is 34.6 Å². The first-order valence-electron chi connectivity index (χ1n) is 6.39. The number of aromatic nitrogens is 2. The minimum absolute atomic E-state index is 0.0484. The first-order chi connectivity index (χ1) is 10.6. The van der Waals surface area contributed by atoms with Crippen LogP contribution in [0, 0.1) is 5.82 Å². The van der Waals surface area contributed by atoms with E-state index in [-0.39, 0.29) is 5.02 Å². The van der Waals surface area contributed by atoms with Crippen molar-refractivity contribution in [3.05, 3.63) is 64.2 Å². The summed E-state index contributed by atoms with van der Waals surface area (Å²) >= 11 is 11.8. The van der Waals surface area contributed by atoms with Crippen molar-refractivity contribution in [2.75, 3.05) is 5.32 Å². The standard InChI is InChI=1S/C15H10Cl2FN3O/c16-11-4-2-1-3-10(11)15-21-20-14(22-15)8-19-9-5-6-13(18)12(17)7-9/h1-7,19H,8H2. The molecule has 3 rings (SSSR count). The van der Waals surface area contributed by atoms with Gasteiger partial charge in [-0.1, -0.05) is 35.3 Å². The number of nitrogens with zero attached hydrogens (tertiary/aromatic N) is 2. The molecule has 0 aliphatic carbocycles. The second-order valence-corrected chi connectivity index (χ2v) is 5.28. The smallest absolute Gasteiger partial charge is 0.249 e. The fraction of sp³-hybridized carbons (Fsp3) is 0.0667. The molecule has 0 fully saturated rings. The molecule has 4 nitrogen and oxygen atoms in total. The van der Waals surface area contributed by atoms with Crippen molar-refractivity contribution in [2.45, 2.75) is 6.54 Å². The molecule has 112 valence electrons. The number of anilines is 1. The zero-order chi connectivity index (χ0) is 15.5. The molecule has 0 atom stereocenters. The number of halogens is 3. The lowest BCUT2D eigenvalue weighted by Crippen LogP contribution is -1.99. The Morgan fingerprint density at radius 1 is 1.05 bits per heavy atom. The summed E-state index contributed by atoms with van der Waals surface area (Å²) in [6, 6.07) is 11.6. The molecule has 0 amide bonds. The average Bonchev–Trinajstić information content (AvgIpc) is 2.98. The predicted octanol–water partition coefficient (Wildman–Crippen LogP) is 4.79. The van der Waals surface area contributed by atoms with Crippen LogP contribution in [0.4, 0.5) is 10.1 Å². The lowest BCUT2D eigenvalue weighted by atomic mass is 10.2. The van der Waals surface area contributed by atoms with Gasteiger partial charge in [0.25, 0.3) is 0 Å². The van der Waals surface area contributed by atoms with Crippen LogP contribution < -0.4 is 5.32 Å². The molecule has 0 aliphatic heterocycles. The van der Waals surface area contributed by atoms with Gasteiger partial charge in [0.2, 0.25) is 11.8 Å². The van der Waals surface area contributed by atoms with Gasteiger partial charge in [-0.25, -0.2) is 4.39 Å². The summed E-state index contributed by atoms with van der Waals surface area (Å²) in [6.45, 7) is 0.291. The molecular weight excluding hydrogens is 328 g/mol. The van der Waals surface area contributed by atoms with Crippen molar-refractivity contribution in [2.24, 2.45) is 0 Å². The van der Waals surface area contributed by atoms with Crippen LogP contribution in [-0.4, -0.2) is 10.2 Å². The van der Waals surface area contributed by atoms with E-state index in [1.54, 1.807) is 18.2 Å². The van der Waals surface area contributed by atoms with E-state index in [1.807, 2.05) is 12.1 Å². The molecule has 0 saturated heterocycles. The minimum atomic E-state index is -0.467. The van der Waals surface area contributed by atoms with Gasteiger partial charge in [0.05, 0.1) is 22.2 Å². The Hall–Kier alpha value is -2.11. The highest BCUT2D eigenvalue weighted by atomic mass is 35.5. The molecule has 22 heavy (non-hydrogen) atoms. The molecule has 2 aromatic carbocycles. The van der Waals surface area contributed by atoms with Crippen LogP contribution in [0.5, 0.6) is 0 Å². The van der Waals surface area contributed by atoms with Gasteiger partial charge < -0.3 is 9.73 Å². The number of hydrogen-bond donors (Lipinski definition) is 1. The lowest BCUT2D eigenvalue weighted by molar-refractivity contribution is 0.515. The molecule has 7 heteroatoms. The van der Waals surface area contributed by atoms with Crippen molar-refractivity contribution in [1.82, 2.24) is 10.2 Å². The topological polar surface area (TPSA) is 51.0 Å². The number of hydrogen-bond acceptors (Lipinski definition) is 4. The number of rotatable bonds is 4. The Labute approximate surface area is 135 Å². The largest absolute Gasteiger partial charge is 0.419 e. The summed E-state index contributed by atoms with van der Waals surface area (Å²) < 4.78 is 18.6. The summed E-state index contributed by atoms with van der Waals surface area (Å²) in [5.41, 5.74) is 1.33. The predicted molar refractivity (Wildman–Crippen MR) is 83.5 cm³/mol. The summed E-state index contributed by atoms with van der Waals surface area (Å²) in [5.74, 6) is 0.265. The molecule has 1 aromatic heterocycles. The Morgan fingerprint density at radius 3 is 2.64 bits per heavy atom. The highest BCUT2D eigenvalue weighted by molar-refractivity contribution is 6.33. The third-order valence-corrected chi connectivity index (χ3v) is 3.55. The van der Waals surface area contributed by atoms with Gasteiger partial charge in [0.15, 0.2) is 0 Å². The summed E-state index contributed by atoms with van der Waals surface area (Å²) in [7, 11) is 0. The fourth-order valence-corrected chi connectivity index (χ4v) is 2.25. The highest BCUT2D eigenvalue weighted by Crippen LogP contribution is 2.26. The summed E-state index contributed by atoms with van der Waals surface area (Å²) in [5, 5.41) is 11.5. The van der Waals surface area contributed by atoms with Crippen LogP contribution in [0.25, 0.3) is 11.5 Å². The molecule has 0 spiro atoms. The third-order valence-electron chi connectivity index (χ3n) is 2.93. The Morgan fingerprint density at radius 2 is 1.86 bits per heavy atom. The van der Waals surface area contributed by atoms with Crippen molar-refractivity contribution in [3.63, 3.8) is 0 Å². The van der Waals surface area contributed by atoms with Crippen molar-refractivity contribution in [3.8, 4) is 11.5 Å². The zero-order valence-corrected chi connectivity index (χ0v) is 12.7. The molecule has 0 unspecified atom stereocenters. The molecule has 0 bridgehead atoms. The molecule has 1 heterocycles. The first-order valence-corrected chi connectivity index (χ1v) is 7.15. The second-order valence-electron chi connectivity index (χ2n) is 4.46. The Kier molecular flexibility index (Phi) is 4.27. The van der Waals surface area contributed by atoms with E-state index < -0.39 is 5.82 Å². The summed E-state index contributed by atoms with van der Waals surface area (Å²) in [4.78, 5) is 0. The zero-order valence-electron chi connectivity index (χ0n) is 11.2. The quantitative estimate of drug-likeness (QED) is 0.743. The third kappa shape index (κ3) is 3.21. The van der Waals surface area contributed by atoms with Gasteiger partial charge >= 0.3 is 0 Å². The van der Waals surface area contributed by atoms with Gasteiger partial charge in [-0.05, 0) is 30.3 Å². The van der Waals surface area contributed by atoms with E-state index in [0.717, 1.165) is 0 Å². The van der Waals surface area contributed by atoms with E-state index in [2.05, 4.69) is 15.5 Å². The molecular formula is C15H10Cl2FN3O. The lowest BCUT2D eigenvalue weighted by Gasteiger charge is -2.04. The van der Waals surface area contributed by atoms with Crippen LogP contribution in [0.2, 0.25) is 10.0 Å². The summed E-state index contributed by atoms with van der Waals surface area (Å²) in [6.07, 6.45) is 0. The normalized spacial score (nSPS) is 10.7. The van der Waals surface area contributed by atoms with Crippen LogP contribution in [0.3, 0.4) is 0 Å². The monoisotopic (exact) mass is 337 g/mol. The maximum atomic E-state index is 13.1. The van der Waals surface area contributed by atoms with Crippen LogP contribution in [0.15, 0.2) is 46.9 Å². The number of nitrogens with one attached hydrogen (secondary N) is 1. The first kappa shape index (κ1) is 14.8. The molecule has 1 N–H and O–H groups in total. The number of benzene rings is 2. The van der Waals surface area contributed by atoms with Crippen LogP contribution in [-0.2, 0) is 6.54 Å². The maximum Gasteiger partial charge on any atom is 0.249 e. The Bertz CT molecular complexity index is 807. The SMILES string of the molecule is Fc1ccc(NCc2nnc(-c3ccccc3Cl)o2)cc1Cl. The van der Waals surface area contributed by atoms with Crippen molar-refractivity contribution >= 4 is 28.9 Å². The van der Waals surface area contributed by atoms with Gasteiger partial charge in [0.1, 0.15) is 5.82 Å². The van der Waals surface area contributed by atoms with Gasteiger partial charge in [-0.3, -0.25) is 0 Å². The fourth-order valence-electron chi connectivity index (χ4n) is 1.85. The van der Waals surface area contributed by atoms with E-state index in [1.165, 1.54) is 12.1 Å². The van der Waals surface area contributed by atoms with Crippen molar-refractivity contribution in [1.29, 1.82) is 0 Å². The minimum Gasteiger partial charge on any atom is -0.419 e. The molecule has 0 radical (unpaired) electrons. The second kappa shape index (κ2) is 6.34.